The number of hydrogen-bond acceptors (Lipinski definition) is 2. The van der Waals surface area contributed by atoms with Crippen LogP contribution >= 0.6 is 0 Å². The molecule has 0 saturated heterocycles. The predicted molar refractivity (Wildman–Crippen MR) is 75.5 cm³/mol. The van der Waals surface area contributed by atoms with Gasteiger partial charge in [-0.3, -0.25) is 4.79 Å². The van der Waals surface area contributed by atoms with E-state index < -0.39 is 0 Å². The summed E-state index contributed by atoms with van der Waals surface area (Å²) in [6.45, 7) is 0.728. The molecule has 0 aliphatic heterocycles. The van der Waals surface area contributed by atoms with Gasteiger partial charge in [-0.05, 0) is 31.3 Å². The fourth-order valence-electron chi connectivity index (χ4n) is 2.17. The lowest BCUT2D eigenvalue weighted by Gasteiger charge is -2.13. The van der Waals surface area contributed by atoms with E-state index in [1.54, 1.807) is 0 Å². The zero-order valence-corrected chi connectivity index (χ0v) is 11.3. The van der Waals surface area contributed by atoms with Crippen LogP contribution in [0.5, 0.6) is 0 Å². The van der Waals surface area contributed by atoms with Crippen molar-refractivity contribution in [1.82, 2.24) is 5.32 Å². The zero-order chi connectivity index (χ0) is 13.3. The fraction of sp³-hybridized carbons (Fsp3) is 0.562. The molecule has 1 unspecified atom stereocenters. The molecule has 0 fully saturated rings. The summed E-state index contributed by atoms with van der Waals surface area (Å²) in [6.07, 6.45) is 12.4. The van der Waals surface area contributed by atoms with E-state index in [9.17, 15) is 4.79 Å². The highest BCUT2D eigenvalue weighted by molar-refractivity contribution is 5.77. The van der Waals surface area contributed by atoms with Crippen molar-refractivity contribution in [3.8, 4) is 11.8 Å². The molecular weight excluding hydrogens is 238 g/mol. The predicted octanol–water partition coefficient (Wildman–Crippen LogP) is 2.34. The van der Waals surface area contributed by atoms with Crippen LogP contribution in [0, 0.1) is 11.8 Å². The van der Waals surface area contributed by atoms with Crippen LogP contribution in [0.25, 0.3) is 0 Å². The first kappa shape index (κ1) is 13.9. The van der Waals surface area contributed by atoms with E-state index in [1.807, 2.05) is 12.2 Å². The number of hydrogen-bond donors (Lipinski definition) is 1. The average molecular weight is 259 g/mol. The molecule has 3 heteroatoms. The molecule has 0 spiro atoms. The van der Waals surface area contributed by atoms with Crippen LogP contribution < -0.4 is 5.32 Å². The first-order valence-corrected chi connectivity index (χ1v) is 7.06. The third-order valence-electron chi connectivity index (χ3n) is 3.31. The molecule has 0 aromatic rings. The van der Waals surface area contributed by atoms with E-state index in [2.05, 4.69) is 23.2 Å². The molecule has 2 rings (SSSR count). The summed E-state index contributed by atoms with van der Waals surface area (Å²) in [7, 11) is 0. The molecule has 2 aliphatic rings. The minimum atomic E-state index is -0.0709. The van der Waals surface area contributed by atoms with Crippen molar-refractivity contribution in [3.05, 3.63) is 23.8 Å². The molecule has 102 valence electrons. The van der Waals surface area contributed by atoms with E-state index in [4.69, 9.17) is 4.74 Å². The van der Waals surface area contributed by atoms with Gasteiger partial charge in [0, 0.05) is 13.0 Å². The van der Waals surface area contributed by atoms with Crippen molar-refractivity contribution in [3.63, 3.8) is 0 Å². The second-order valence-electron chi connectivity index (χ2n) is 4.95. The van der Waals surface area contributed by atoms with Gasteiger partial charge in [0.25, 0.3) is 0 Å². The molecule has 1 amide bonds. The summed E-state index contributed by atoms with van der Waals surface area (Å²) >= 11 is 0. The van der Waals surface area contributed by atoms with Crippen molar-refractivity contribution in [2.24, 2.45) is 0 Å². The number of rotatable bonds is 5. The number of nitrogens with one attached hydrogen (secondary N) is 1. The van der Waals surface area contributed by atoms with Crippen molar-refractivity contribution in [1.29, 1.82) is 0 Å². The molecule has 0 saturated carbocycles. The summed E-state index contributed by atoms with van der Waals surface area (Å²) in [5.41, 5.74) is 1.24. The van der Waals surface area contributed by atoms with Gasteiger partial charge < -0.3 is 10.1 Å². The van der Waals surface area contributed by atoms with Crippen molar-refractivity contribution in [2.75, 3.05) is 13.2 Å². The Bertz CT molecular complexity index is 426. The maximum absolute atomic E-state index is 11.7. The van der Waals surface area contributed by atoms with E-state index >= 15 is 0 Å². The number of carbonyl (C=O) groups excluding carboxylic acids is 1. The first-order valence-electron chi connectivity index (χ1n) is 7.06. The summed E-state index contributed by atoms with van der Waals surface area (Å²) < 4.78 is 5.57. The van der Waals surface area contributed by atoms with Gasteiger partial charge >= 0.3 is 0 Å². The lowest BCUT2D eigenvalue weighted by atomic mass is 10.1. The summed E-state index contributed by atoms with van der Waals surface area (Å²) in [5.74, 6) is 6.16. The van der Waals surface area contributed by atoms with Gasteiger partial charge in [0.2, 0.25) is 5.91 Å². The minimum absolute atomic E-state index is 0.0586. The van der Waals surface area contributed by atoms with E-state index in [0.29, 0.717) is 6.54 Å². The highest BCUT2D eigenvalue weighted by atomic mass is 16.5. The zero-order valence-electron chi connectivity index (χ0n) is 11.3. The highest BCUT2D eigenvalue weighted by Gasteiger charge is 2.10. The number of ether oxygens (including phenoxy) is 1. The van der Waals surface area contributed by atoms with Gasteiger partial charge in [-0.15, -0.1) is 5.92 Å². The number of amides is 1. The molecule has 19 heavy (non-hydrogen) atoms. The molecule has 0 bridgehead atoms. The van der Waals surface area contributed by atoms with Crippen molar-refractivity contribution < 1.29 is 9.53 Å². The second kappa shape index (κ2) is 7.81. The highest BCUT2D eigenvalue weighted by Crippen LogP contribution is 2.11. The van der Waals surface area contributed by atoms with Crippen LogP contribution in [0.4, 0.5) is 0 Å². The molecule has 0 aromatic heterocycles. The minimum Gasteiger partial charge on any atom is -0.356 e. The Kier molecular flexibility index (Phi) is 5.71. The van der Waals surface area contributed by atoms with Crippen LogP contribution in [-0.2, 0) is 9.53 Å². The molecule has 1 N–H and O–H groups in total. The first-order chi connectivity index (χ1) is 9.34. The number of carbonyl (C=O) groups is 1. The van der Waals surface area contributed by atoms with E-state index in [-0.39, 0.29) is 18.6 Å². The van der Waals surface area contributed by atoms with Gasteiger partial charge in [0.05, 0.1) is 0 Å². The Hall–Kier alpha value is -1.53. The molecule has 0 aromatic carbocycles. The maximum atomic E-state index is 11.7. The average Bonchev–Trinajstić information content (AvgIpc) is 2.88. The Morgan fingerprint density at radius 1 is 1.42 bits per heavy atom. The Balaban J connectivity index is 1.64. The lowest BCUT2D eigenvalue weighted by molar-refractivity contribution is -0.126. The topological polar surface area (TPSA) is 38.3 Å². The van der Waals surface area contributed by atoms with Crippen LogP contribution in [0.15, 0.2) is 23.8 Å². The van der Waals surface area contributed by atoms with Gasteiger partial charge in [-0.25, -0.2) is 0 Å². The lowest BCUT2D eigenvalue weighted by Crippen LogP contribution is -2.31. The molecule has 2 aliphatic carbocycles. The third kappa shape index (κ3) is 5.32. The maximum Gasteiger partial charge on any atom is 0.246 e. The molecule has 0 heterocycles. The van der Waals surface area contributed by atoms with Gasteiger partial charge in [-0.1, -0.05) is 30.6 Å². The summed E-state index contributed by atoms with van der Waals surface area (Å²) in [6, 6.07) is 0. The Morgan fingerprint density at radius 2 is 2.37 bits per heavy atom. The third-order valence-corrected chi connectivity index (χ3v) is 3.31. The molecular formula is C16H21NO2. The summed E-state index contributed by atoms with van der Waals surface area (Å²) in [5, 5.41) is 2.87. The van der Waals surface area contributed by atoms with Gasteiger partial charge in [-0.2, -0.15) is 0 Å². The fourth-order valence-corrected chi connectivity index (χ4v) is 2.17. The molecule has 3 nitrogen and oxygen atoms in total. The standard InChI is InChI=1S/C16H21NO2/c18-16(17-12-14-8-6-7-9-14)13-19-15-10-4-2-1-3-5-11-15/h6-8,15H,1-4,9-10,12-13H2,(H,17,18). The van der Waals surface area contributed by atoms with E-state index in [0.717, 1.165) is 25.7 Å². The van der Waals surface area contributed by atoms with E-state index in [1.165, 1.54) is 18.4 Å². The SMILES string of the molecule is O=C(COC1C#CCCCCC1)NCC1=CC=CC1. The monoisotopic (exact) mass is 259 g/mol. The van der Waals surface area contributed by atoms with Crippen LogP contribution in [0.1, 0.15) is 38.5 Å². The van der Waals surface area contributed by atoms with Crippen LogP contribution in [-0.4, -0.2) is 25.2 Å². The smallest absolute Gasteiger partial charge is 0.246 e. The van der Waals surface area contributed by atoms with Gasteiger partial charge in [0.1, 0.15) is 12.7 Å². The largest absolute Gasteiger partial charge is 0.356 e. The number of allylic oxidation sites excluding steroid dienone is 3. The van der Waals surface area contributed by atoms with Crippen LogP contribution in [0.2, 0.25) is 0 Å². The normalized spacial score (nSPS) is 21.9. The molecule has 0 radical (unpaired) electrons. The van der Waals surface area contributed by atoms with Crippen LogP contribution in [0.3, 0.4) is 0 Å². The van der Waals surface area contributed by atoms with Crippen molar-refractivity contribution >= 4 is 5.91 Å². The molecule has 1 atom stereocenters. The van der Waals surface area contributed by atoms with Gasteiger partial charge in [0.15, 0.2) is 0 Å². The quantitative estimate of drug-likeness (QED) is 0.770. The summed E-state index contributed by atoms with van der Waals surface area (Å²) in [4.78, 5) is 11.7. The van der Waals surface area contributed by atoms with Crippen molar-refractivity contribution in [2.45, 2.75) is 44.6 Å². The Morgan fingerprint density at radius 3 is 3.21 bits per heavy atom. The second-order valence-corrected chi connectivity index (χ2v) is 4.95. The Labute approximate surface area is 115 Å².